The third-order valence-electron chi connectivity index (χ3n) is 5.14. The summed E-state index contributed by atoms with van der Waals surface area (Å²) in [6.07, 6.45) is 2.17. The number of likely N-dealkylation sites (tertiary alicyclic amines) is 1. The zero-order valence-electron chi connectivity index (χ0n) is 11.0. The van der Waals surface area contributed by atoms with Crippen LogP contribution in [0.15, 0.2) is 0 Å². The van der Waals surface area contributed by atoms with Gasteiger partial charge < -0.3 is 20.8 Å². The van der Waals surface area contributed by atoms with E-state index in [9.17, 15) is 14.4 Å². The smallest absolute Gasteiger partial charge is 0.326 e. The van der Waals surface area contributed by atoms with Crippen LogP contribution in [0.5, 0.6) is 0 Å². The number of carboxylic acid groups (broad SMARTS) is 2. The number of nitrogens with zero attached hydrogens (tertiary/aromatic N) is 1. The maximum Gasteiger partial charge on any atom is 0.326 e. The molecule has 1 saturated heterocycles. The number of aliphatic carboxylic acids is 2. The van der Waals surface area contributed by atoms with Gasteiger partial charge in [0.1, 0.15) is 6.04 Å². The van der Waals surface area contributed by atoms with Crippen LogP contribution in [0.2, 0.25) is 0 Å². The number of carboxylic acids is 2. The summed E-state index contributed by atoms with van der Waals surface area (Å²) in [5.41, 5.74) is 5.02. The number of nitrogens with two attached hydrogens (primary N) is 1. The molecule has 0 radical (unpaired) electrons. The highest BCUT2D eigenvalue weighted by atomic mass is 16.4. The van der Waals surface area contributed by atoms with Gasteiger partial charge in [0.25, 0.3) is 0 Å². The predicted octanol–water partition coefficient (Wildman–Crippen LogP) is -0.500. The monoisotopic (exact) mass is 282 g/mol. The fourth-order valence-corrected chi connectivity index (χ4v) is 4.13. The van der Waals surface area contributed by atoms with E-state index in [0.29, 0.717) is 32.2 Å². The van der Waals surface area contributed by atoms with Crippen LogP contribution >= 0.6 is 0 Å². The van der Waals surface area contributed by atoms with Crippen LogP contribution < -0.4 is 5.73 Å². The van der Waals surface area contributed by atoms with Crippen molar-refractivity contribution in [2.45, 2.75) is 37.3 Å². The standard InChI is InChI=1S/C13H18N2O5/c14-13(4-3-6-8(9(6)13)11(18)19)12(20)15-5-1-2-7(15)10(16)17/h6-9H,1-5,14H2,(H,16,17)(H,18,19)/t6?,7-,8?,9?,13?/m0/s1. The van der Waals surface area contributed by atoms with E-state index < -0.39 is 29.4 Å². The molecule has 3 fully saturated rings. The maximum atomic E-state index is 12.6. The summed E-state index contributed by atoms with van der Waals surface area (Å²) >= 11 is 0. The first-order chi connectivity index (χ1) is 9.38. The highest BCUT2D eigenvalue weighted by Gasteiger charge is 2.70. The molecule has 7 nitrogen and oxygen atoms in total. The van der Waals surface area contributed by atoms with Crippen LogP contribution in [0.1, 0.15) is 25.7 Å². The van der Waals surface area contributed by atoms with E-state index in [1.54, 1.807) is 0 Å². The van der Waals surface area contributed by atoms with E-state index in [2.05, 4.69) is 0 Å². The van der Waals surface area contributed by atoms with E-state index in [4.69, 9.17) is 15.9 Å². The molecule has 4 N–H and O–H groups in total. The summed E-state index contributed by atoms with van der Waals surface area (Å²) in [5.74, 6) is -3.18. The summed E-state index contributed by atoms with van der Waals surface area (Å²) in [6, 6.07) is -0.816. The van der Waals surface area contributed by atoms with Gasteiger partial charge in [-0.15, -0.1) is 0 Å². The minimum absolute atomic E-state index is 0.0210. The molecular formula is C13H18N2O5. The van der Waals surface area contributed by atoms with E-state index >= 15 is 0 Å². The minimum atomic E-state index is -1.19. The summed E-state index contributed by atoms with van der Waals surface area (Å²) in [4.78, 5) is 36.2. The average molecular weight is 282 g/mol. The number of amides is 1. The SMILES string of the molecule is NC1(C(=O)N2CCC[C@H]2C(=O)O)CCC2C(C(=O)O)C21. The molecule has 0 bridgehead atoms. The van der Waals surface area contributed by atoms with E-state index in [0.717, 1.165) is 0 Å². The van der Waals surface area contributed by atoms with Crippen LogP contribution in [-0.2, 0) is 14.4 Å². The molecule has 2 saturated carbocycles. The molecule has 3 aliphatic rings. The molecule has 1 aliphatic heterocycles. The van der Waals surface area contributed by atoms with Crippen molar-refractivity contribution >= 4 is 17.8 Å². The lowest BCUT2D eigenvalue weighted by atomic mass is 9.89. The second-order valence-corrected chi connectivity index (χ2v) is 6.13. The molecule has 7 heteroatoms. The van der Waals surface area contributed by atoms with Crippen LogP contribution in [0, 0.1) is 17.8 Å². The quantitative estimate of drug-likeness (QED) is 0.641. The van der Waals surface area contributed by atoms with Crippen LogP contribution in [0.25, 0.3) is 0 Å². The molecule has 1 heterocycles. The van der Waals surface area contributed by atoms with Crippen molar-refractivity contribution in [2.75, 3.05) is 6.54 Å². The molecule has 5 atom stereocenters. The number of carbonyl (C=O) groups is 3. The van der Waals surface area contributed by atoms with Gasteiger partial charge in [-0.25, -0.2) is 4.79 Å². The Morgan fingerprint density at radius 2 is 1.85 bits per heavy atom. The highest BCUT2D eigenvalue weighted by molar-refractivity contribution is 5.93. The number of hydrogen-bond acceptors (Lipinski definition) is 4. The first-order valence-electron chi connectivity index (χ1n) is 6.93. The highest BCUT2D eigenvalue weighted by Crippen LogP contribution is 2.62. The van der Waals surface area contributed by atoms with Gasteiger partial charge in [0, 0.05) is 12.5 Å². The average Bonchev–Trinajstić information content (AvgIpc) is 2.76. The maximum absolute atomic E-state index is 12.6. The molecule has 0 aromatic carbocycles. The molecule has 1 amide bonds. The van der Waals surface area contributed by atoms with Gasteiger partial charge in [-0.05, 0) is 31.6 Å². The van der Waals surface area contributed by atoms with Crippen molar-refractivity contribution in [1.29, 1.82) is 0 Å². The summed E-state index contributed by atoms with van der Waals surface area (Å²) in [6.45, 7) is 0.393. The minimum Gasteiger partial charge on any atom is -0.481 e. The Morgan fingerprint density at radius 1 is 1.15 bits per heavy atom. The van der Waals surface area contributed by atoms with Crippen LogP contribution in [0.3, 0.4) is 0 Å². The molecule has 110 valence electrons. The van der Waals surface area contributed by atoms with Crippen LogP contribution in [-0.4, -0.2) is 51.1 Å². The second kappa shape index (κ2) is 4.18. The number of rotatable bonds is 3. The number of hydrogen-bond donors (Lipinski definition) is 3. The van der Waals surface area contributed by atoms with Gasteiger partial charge in [0.05, 0.1) is 11.5 Å². The molecule has 2 aliphatic carbocycles. The van der Waals surface area contributed by atoms with Crippen LogP contribution in [0.4, 0.5) is 0 Å². The van der Waals surface area contributed by atoms with Crippen molar-refractivity contribution in [3.63, 3.8) is 0 Å². The van der Waals surface area contributed by atoms with Gasteiger partial charge in [-0.2, -0.15) is 0 Å². The van der Waals surface area contributed by atoms with E-state index in [1.165, 1.54) is 4.90 Å². The molecule has 4 unspecified atom stereocenters. The third-order valence-corrected chi connectivity index (χ3v) is 5.14. The summed E-state index contributed by atoms with van der Waals surface area (Å²) < 4.78 is 0. The molecular weight excluding hydrogens is 264 g/mol. The Labute approximate surface area is 115 Å². The van der Waals surface area contributed by atoms with Gasteiger partial charge in [-0.3, -0.25) is 9.59 Å². The Balaban J connectivity index is 1.80. The van der Waals surface area contributed by atoms with Gasteiger partial charge in [-0.1, -0.05) is 0 Å². The molecule has 3 rings (SSSR count). The Kier molecular flexibility index (Phi) is 2.79. The Hall–Kier alpha value is -1.63. The van der Waals surface area contributed by atoms with Gasteiger partial charge in [0.15, 0.2) is 0 Å². The number of fused-ring (bicyclic) bond motifs is 1. The molecule has 0 spiro atoms. The molecule has 20 heavy (non-hydrogen) atoms. The first-order valence-corrected chi connectivity index (χ1v) is 6.93. The van der Waals surface area contributed by atoms with Crippen molar-refractivity contribution in [2.24, 2.45) is 23.5 Å². The molecule has 0 aromatic heterocycles. The topological polar surface area (TPSA) is 121 Å². The second-order valence-electron chi connectivity index (χ2n) is 6.13. The largest absolute Gasteiger partial charge is 0.481 e. The Bertz CT molecular complexity index is 493. The summed E-state index contributed by atoms with van der Waals surface area (Å²) in [7, 11) is 0. The lowest BCUT2D eigenvalue weighted by molar-refractivity contribution is -0.151. The van der Waals surface area contributed by atoms with E-state index in [1.807, 2.05) is 0 Å². The van der Waals surface area contributed by atoms with Crippen molar-refractivity contribution in [3.05, 3.63) is 0 Å². The molecule has 0 aromatic rings. The normalized spacial score (nSPS) is 42.4. The van der Waals surface area contributed by atoms with Crippen molar-refractivity contribution in [1.82, 2.24) is 4.90 Å². The fourth-order valence-electron chi connectivity index (χ4n) is 4.13. The predicted molar refractivity (Wildman–Crippen MR) is 66.6 cm³/mol. The van der Waals surface area contributed by atoms with Crippen molar-refractivity contribution in [3.8, 4) is 0 Å². The van der Waals surface area contributed by atoms with Gasteiger partial charge in [0.2, 0.25) is 5.91 Å². The zero-order valence-corrected chi connectivity index (χ0v) is 11.0. The first kappa shape index (κ1) is 13.4. The van der Waals surface area contributed by atoms with Crippen molar-refractivity contribution < 1.29 is 24.6 Å². The fraction of sp³-hybridized carbons (Fsp3) is 0.769. The summed E-state index contributed by atoms with van der Waals surface area (Å²) in [5, 5.41) is 18.3. The lowest BCUT2D eigenvalue weighted by Crippen LogP contribution is -2.58. The number of carbonyl (C=O) groups excluding carboxylic acids is 1. The lowest BCUT2D eigenvalue weighted by Gasteiger charge is -2.33. The van der Waals surface area contributed by atoms with E-state index in [-0.39, 0.29) is 17.7 Å². The Morgan fingerprint density at radius 3 is 2.40 bits per heavy atom. The third kappa shape index (κ3) is 1.65. The van der Waals surface area contributed by atoms with Gasteiger partial charge >= 0.3 is 11.9 Å². The zero-order chi connectivity index (χ0) is 14.7.